The molecule has 0 bridgehead atoms. The highest BCUT2D eigenvalue weighted by Crippen LogP contribution is 2.20. The molecule has 0 saturated carbocycles. The Morgan fingerprint density at radius 1 is 1.60 bits per heavy atom. The monoisotopic (exact) mass is 291 g/mol. The van der Waals surface area contributed by atoms with Gasteiger partial charge >= 0.3 is 0 Å². The molecule has 1 aliphatic heterocycles. The molecule has 1 amide bonds. The van der Waals surface area contributed by atoms with Crippen LogP contribution in [0.5, 0.6) is 0 Å². The first-order valence-electron chi connectivity index (χ1n) is 6.80. The Hall–Kier alpha value is -1.57. The highest BCUT2D eigenvalue weighted by Gasteiger charge is 2.18. The molecule has 5 heteroatoms. The van der Waals surface area contributed by atoms with E-state index in [4.69, 9.17) is 16.9 Å². The zero-order valence-corrected chi connectivity index (χ0v) is 12.3. The fraction of sp³-hybridized carbons (Fsp3) is 0.467. The molecule has 0 radical (unpaired) electrons. The molecule has 1 aliphatic rings. The molecule has 1 unspecified atom stereocenters. The van der Waals surface area contributed by atoms with E-state index in [1.54, 1.807) is 18.2 Å². The maximum absolute atomic E-state index is 12.0. The van der Waals surface area contributed by atoms with Crippen molar-refractivity contribution in [1.29, 1.82) is 5.26 Å². The second kappa shape index (κ2) is 6.74. The van der Waals surface area contributed by atoms with Gasteiger partial charge in [0, 0.05) is 12.2 Å². The summed E-state index contributed by atoms with van der Waals surface area (Å²) in [6.45, 7) is 4.57. The highest BCUT2D eigenvalue weighted by molar-refractivity contribution is 6.32. The van der Waals surface area contributed by atoms with Crippen LogP contribution in [0.3, 0.4) is 0 Å². The Labute approximate surface area is 124 Å². The number of likely N-dealkylation sites (tertiary alicyclic amines) is 1. The van der Waals surface area contributed by atoms with E-state index in [9.17, 15) is 4.79 Å². The number of hydrogen-bond donors (Lipinski definition) is 1. The smallest absolute Gasteiger partial charge is 0.238 e. The van der Waals surface area contributed by atoms with Gasteiger partial charge in [-0.05, 0) is 43.5 Å². The van der Waals surface area contributed by atoms with Crippen LogP contribution >= 0.6 is 11.6 Å². The van der Waals surface area contributed by atoms with Crippen LogP contribution in [-0.4, -0.2) is 30.4 Å². The molecule has 1 fully saturated rings. The lowest BCUT2D eigenvalue weighted by atomic mass is 10.0. The third-order valence-corrected chi connectivity index (χ3v) is 3.79. The van der Waals surface area contributed by atoms with Gasteiger partial charge in [0.1, 0.15) is 6.07 Å². The van der Waals surface area contributed by atoms with Crippen LogP contribution in [0, 0.1) is 17.2 Å². The SMILES string of the molecule is CC1CCCN(CC(=O)Nc2ccc(C#N)c(Cl)c2)C1. The molecule has 106 valence electrons. The molecule has 1 aromatic rings. The van der Waals surface area contributed by atoms with Gasteiger partial charge in [0.2, 0.25) is 5.91 Å². The molecule has 1 atom stereocenters. The fourth-order valence-corrected chi connectivity index (χ4v) is 2.74. The number of nitrogens with one attached hydrogen (secondary N) is 1. The molecule has 1 saturated heterocycles. The van der Waals surface area contributed by atoms with Crippen molar-refractivity contribution >= 4 is 23.2 Å². The van der Waals surface area contributed by atoms with Crippen molar-refractivity contribution in [2.45, 2.75) is 19.8 Å². The Morgan fingerprint density at radius 3 is 3.05 bits per heavy atom. The highest BCUT2D eigenvalue weighted by atomic mass is 35.5. The van der Waals surface area contributed by atoms with E-state index < -0.39 is 0 Å². The minimum Gasteiger partial charge on any atom is -0.325 e. The average Bonchev–Trinajstić information content (AvgIpc) is 2.38. The number of halogens is 1. The number of carbonyl (C=O) groups excluding carboxylic acids is 1. The second-order valence-corrected chi connectivity index (χ2v) is 5.74. The molecule has 1 heterocycles. The topological polar surface area (TPSA) is 56.1 Å². The zero-order valence-electron chi connectivity index (χ0n) is 11.5. The number of nitrogens with zero attached hydrogens (tertiary/aromatic N) is 2. The van der Waals surface area contributed by atoms with E-state index in [0.717, 1.165) is 19.5 Å². The molecule has 4 nitrogen and oxygen atoms in total. The van der Waals surface area contributed by atoms with E-state index >= 15 is 0 Å². The maximum atomic E-state index is 12.0. The summed E-state index contributed by atoms with van der Waals surface area (Å²) in [5.74, 6) is 0.612. The lowest BCUT2D eigenvalue weighted by molar-refractivity contribution is -0.117. The van der Waals surface area contributed by atoms with Crippen LogP contribution in [-0.2, 0) is 4.79 Å². The van der Waals surface area contributed by atoms with E-state index in [-0.39, 0.29) is 5.91 Å². The quantitative estimate of drug-likeness (QED) is 0.931. The van der Waals surface area contributed by atoms with Gasteiger partial charge in [-0.3, -0.25) is 9.69 Å². The lowest BCUT2D eigenvalue weighted by Gasteiger charge is -2.30. The van der Waals surface area contributed by atoms with Gasteiger partial charge < -0.3 is 5.32 Å². The van der Waals surface area contributed by atoms with E-state index in [1.807, 2.05) is 6.07 Å². The maximum Gasteiger partial charge on any atom is 0.238 e. The van der Waals surface area contributed by atoms with Crippen molar-refractivity contribution < 1.29 is 4.79 Å². The third kappa shape index (κ3) is 3.96. The molecular formula is C15H18ClN3O. The summed E-state index contributed by atoms with van der Waals surface area (Å²) >= 11 is 5.94. The summed E-state index contributed by atoms with van der Waals surface area (Å²) in [5.41, 5.74) is 1.04. The van der Waals surface area contributed by atoms with Gasteiger partial charge in [0.15, 0.2) is 0 Å². The standard InChI is InChI=1S/C15H18ClN3O/c1-11-3-2-6-19(9-11)10-15(20)18-13-5-4-12(8-17)14(16)7-13/h4-5,7,11H,2-3,6,9-10H2,1H3,(H,18,20). The first kappa shape index (κ1) is 14.8. The Morgan fingerprint density at radius 2 is 2.40 bits per heavy atom. The molecule has 2 rings (SSSR count). The number of piperidine rings is 1. The number of amides is 1. The number of rotatable bonds is 3. The van der Waals surface area contributed by atoms with Crippen molar-refractivity contribution in [3.05, 3.63) is 28.8 Å². The summed E-state index contributed by atoms with van der Waals surface area (Å²) in [4.78, 5) is 14.2. The van der Waals surface area contributed by atoms with Gasteiger partial charge in [-0.15, -0.1) is 0 Å². The van der Waals surface area contributed by atoms with Crippen LogP contribution in [0.2, 0.25) is 5.02 Å². The van der Waals surface area contributed by atoms with Gasteiger partial charge in [-0.1, -0.05) is 18.5 Å². The third-order valence-electron chi connectivity index (χ3n) is 3.48. The average molecular weight is 292 g/mol. The Kier molecular flexibility index (Phi) is 4.99. The fourth-order valence-electron chi connectivity index (χ4n) is 2.52. The predicted molar refractivity (Wildman–Crippen MR) is 79.6 cm³/mol. The van der Waals surface area contributed by atoms with Gasteiger partial charge in [-0.2, -0.15) is 5.26 Å². The number of carbonyl (C=O) groups is 1. The minimum atomic E-state index is -0.0418. The first-order chi connectivity index (χ1) is 9.58. The van der Waals surface area contributed by atoms with Gasteiger partial charge in [0.25, 0.3) is 0 Å². The predicted octanol–water partition coefficient (Wildman–Crippen LogP) is 2.88. The lowest BCUT2D eigenvalue weighted by Crippen LogP contribution is -2.39. The molecule has 1 N–H and O–H groups in total. The summed E-state index contributed by atoms with van der Waals surface area (Å²) in [7, 11) is 0. The van der Waals surface area contributed by atoms with Crippen molar-refractivity contribution in [2.75, 3.05) is 25.0 Å². The van der Waals surface area contributed by atoms with Crippen molar-refractivity contribution in [1.82, 2.24) is 4.90 Å². The molecule has 0 aliphatic carbocycles. The first-order valence-corrected chi connectivity index (χ1v) is 7.18. The molecule has 20 heavy (non-hydrogen) atoms. The van der Waals surface area contributed by atoms with Crippen LogP contribution in [0.4, 0.5) is 5.69 Å². The minimum absolute atomic E-state index is 0.0418. The summed E-state index contributed by atoms with van der Waals surface area (Å²) < 4.78 is 0. The largest absolute Gasteiger partial charge is 0.325 e. The number of hydrogen-bond acceptors (Lipinski definition) is 3. The molecule has 0 spiro atoms. The zero-order chi connectivity index (χ0) is 14.5. The van der Waals surface area contributed by atoms with E-state index in [1.165, 1.54) is 6.42 Å². The second-order valence-electron chi connectivity index (χ2n) is 5.34. The summed E-state index contributed by atoms with van der Waals surface area (Å²) in [6, 6.07) is 6.91. The van der Waals surface area contributed by atoms with E-state index in [2.05, 4.69) is 17.1 Å². The Bertz CT molecular complexity index is 538. The molecular weight excluding hydrogens is 274 g/mol. The van der Waals surface area contributed by atoms with E-state index in [0.29, 0.717) is 28.7 Å². The van der Waals surface area contributed by atoms with Crippen LogP contribution in [0.1, 0.15) is 25.3 Å². The summed E-state index contributed by atoms with van der Waals surface area (Å²) in [6.07, 6.45) is 2.39. The number of nitriles is 1. The number of benzene rings is 1. The van der Waals surface area contributed by atoms with Crippen molar-refractivity contribution in [3.8, 4) is 6.07 Å². The summed E-state index contributed by atoms with van der Waals surface area (Å²) in [5, 5.41) is 12.0. The molecule has 1 aromatic carbocycles. The van der Waals surface area contributed by atoms with Crippen molar-refractivity contribution in [2.24, 2.45) is 5.92 Å². The molecule has 0 aromatic heterocycles. The normalized spacial score (nSPS) is 19.4. The van der Waals surface area contributed by atoms with Crippen LogP contribution in [0.15, 0.2) is 18.2 Å². The van der Waals surface area contributed by atoms with Gasteiger partial charge in [-0.25, -0.2) is 0 Å². The van der Waals surface area contributed by atoms with Crippen molar-refractivity contribution in [3.63, 3.8) is 0 Å². The van der Waals surface area contributed by atoms with Gasteiger partial charge in [0.05, 0.1) is 17.1 Å². The Balaban J connectivity index is 1.91. The van der Waals surface area contributed by atoms with Crippen LogP contribution in [0.25, 0.3) is 0 Å². The number of anilines is 1. The van der Waals surface area contributed by atoms with Crippen LogP contribution < -0.4 is 5.32 Å².